The van der Waals surface area contributed by atoms with Crippen LogP contribution in [0.25, 0.3) is 0 Å². The van der Waals surface area contributed by atoms with Crippen molar-refractivity contribution in [3.05, 3.63) is 67.6 Å². The number of nitrogens with zero attached hydrogens (tertiary/aromatic N) is 1. The maximum Gasteiger partial charge on any atom is 0.251 e. The minimum atomic E-state index is -1.67. The fourth-order valence-corrected chi connectivity index (χ4v) is 4.12. The molecule has 0 bridgehead atoms. The van der Waals surface area contributed by atoms with Crippen LogP contribution in [0.3, 0.4) is 0 Å². The van der Waals surface area contributed by atoms with Gasteiger partial charge in [-0.05, 0) is 73.6 Å². The van der Waals surface area contributed by atoms with Gasteiger partial charge in [0.25, 0.3) is 5.91 Å². The van der Waals surface area contributed by atoms with Crippen molar-refractivity contribution in [3.8, 4) is 0 Å². The van der Waals surface area contributed by atoms with Crippen molar-refractivity contribution in [2.75, 3.05) is 6.54 Å². The lowest BCUT2D eigenvalue weighted by atomic mass is 9.90. The van der Waals surface area contributed by atoms with E-state index in [4.69, 9.17) is 9.42 Å². The van der Waals surface area contributed by atoms with Crippen LogP contribution in [0.15, 0.2) is 50.5 Å². The molecular formula is C20H20Br2Cl2N2O3S. The minimum Gasteiger partial charge on any atom is -0.411 e. The lowest BCUT2D eigenvalue weighted by molar-refractivity contribution is 0.0956. The number of amides is 1. The molecule has 0 radical (unpaired) electrons. The number of rotatable bonds is 0. The third kappa shape index (κ3) is 7.96. The van der Waals surface area contributed by atoms with Crippen LogP contribution in [0, 0.1) is 0 Å². The molecule has 4 rings (SSSR count). The summed E-state index contributed by atoms with van der Waals surface area (Å²) >= 11 is 6.83. The number of nitrogens with one attached hydrogen (secondary N) is 1. The van der Waals surface area contributed by atoms with Crippen LogP contribution < -0.4 is 5.32 Å². The Bertz CT molecular complexity index is 954. The van der Waals surface area contributed by atoms with Gasteiger partial charge in [0.2, 0.25) is 9.23 Å². The predicted molar refractivity (Wildman–Crippen MR) is 130 cm³/mol. The summed E-state index contributed by atoms with van der Waals surface area (Å²) < 4.78 is 11.2. The van der Waals surface area contributed by atoms with Gasteiger partial charge >= 0.3 is 0 Å². The van der Waals surface area contributed by atoms with E-state index in [0.717, 1.165) is 70.0 Å². The molecule has 5 nitrogen and oxygen atoms in total. The topological polar surface area (TPSA) is 78.8 Å². The Labute approximate surface area is 203 Å². The number of hydrogen-bond acceptors (Lipinski definition) is 4. The number of carbonyl (C=O) groups is 1. The molecule has 1 aliphatic carbocycles. The normalized spacial score (nSPS) is 16.2. The molecule has 162 valence electrons. The molecule has 1 heterocycles. The number of hydrogen-bond donors (Lipinski definition) is 2. The van der Waals surface area contributed by atoms with Gasteiger partial charge in [-0.15, -0.1) is 0 Å². The molecule has 10 heteroatoms. The van der Waals surface area contributed by atoms with E-state index in [2.05, 4.69) is 69.8 Å². The zero-order chi connectivity index (χ0) is 22.1. The van der Waals surface area contributed by atoms with Crippen LogP contribution in [-0.2, 0) is 22.1 Å². The molecule has 2 aromatic carbocycles. The van der Waals surface area contributed by atoms with Gasteiger partial charge in [0.1, 0.15) is 0 Å². The fourth-order valence-electron chi connectivity index (χ4n) is 3.30. The smallest absolute Gasteiger partial charge is 0.251 e. The Morgan fingerprint density at radius 1 is 0.933 bits per heavy atom. The highest BCUT2D eigenvalue weighted by atomic mass is 79.9. The van der Waals surface area contributed by atoms with E-state index in [1.54, 1.807) is 0 Å². The second-order valence-electron chi connectivity index (χ2n) is 6.55. The van der Waals surface area contributed by atoms with E-state index < -0.39 is 9.23 Å². The molecule has 0 saturated heterocycles. The number of halogens is 4. The quantitative estimate of drug-likeness (QED) is 0.217. The van der Waals surface area contributed by atoms with Crippen molar-refractivity contribution in [2.45, 2.75) is 32.1 Å². The molecule has 2 aliphatic rings. The Hall–Kier alpha value is -0.930. The van der Waals surface area contributed by atoms with Gasteiger partial charge in [-0.2, -0.15) is 0 Å². The fraction of sp³-hybridized carbons (Fsp3) is 0.300. The summed E-state index contributed by atoms with van der Waals surface area (Å²) in [6.45, 7) is 0.783. The Morgan fingerprint density at radius 2 is 1.47 bits per heavy atom. The molecule has 30 heavy (non-hydrogen) atoms. The van der Waals surface area contributed by atoms with Gasteiger partial charge in [0.15, 0.2) is 0 Å². The maximum absolute atomic E-state index is 11.5. The van der Waals surface area contributed by atoms with Crippen molar-refractivity contribution in [1.29, 1.82) is 0 Å². The van der Waals surface area contributed by atoms with Crippen LogP contribution in [0.1, 0.15) is 46.3 Å². The van der Waals surface area contributed by atoms with Crippen LogP contribution in [-0.4, -0.2) is 27.6 Å². The second-order valence-corrected chi connectivity index (χ2v) is 10.9. The highest BCUT2D eigenvalue weighted by Crippen LogP contribution is 2.25. The van der Waals surface area contributed by atoms with Crippen molar-refractivity contribution in [1.82, 2.24) is 5.32 Å². The summed E-state index contributed by atoms with van der Waals surface area (Å²) in [5.41, 5.74) is 5.14. The van der Waals surface area contributed by atoms with Crippen LogP contribution in [0.5, 0.6) is 0 Å². The molecule has 2 aromatic rings. The van der Waals surface area contributed by atoms with E-state index in [-0.39, 0.29) is 5.91 Å². The van der Waals surface area contributed by atoms with E-state index in [1.165, 1.54) is 5.56 Å². The van der Waals surface area contributed by atoms with Gasteiger partial charge in [0.05, 0.1) is 5.71 Å². The lowest BCUT2D eigenvalue weighted by Gasteiger charge is -2.16. The monoisotopic (exact) mass is 596 g/mol. The van der Waals surface area contributed by atoms with Crippen molar-refractivity contribution < 1.29 is 14.2 Å². The van der Waals surface area contributed by atoms with E-state index in [0.29, 0.717) is 0 Å². The number of carbonyl (C=O) groups excluding carboxylic acids is 1. The first-order chi connectivity index (χ1) is 14.3. The van der Waals surface area contributed by atoms with Gasteiger partial charge in [-0.3, -0.25) is 4.79 Å². The Morgan fingerprint density at radius 3 is 2.07 bits per heavy atom. The second kappa shape index (κ2) is 12.8. The van der Waals surface area contributed by atoms with E-state index >= 15 is 0 Å². The standard InChI is InChI=1S/2C10H10BrNO.Cl2OS/c11-8-3-4-9-7(6-8)2-1-5-12-10(9)13;11-8-4-5-9-7(6-8)2-1-3-10(9)12-13;1-4(2)3/h3-4,6H,1-2,5H2,(H,12,13);4-6,13H,1-3H2;/b;12-10+;. The molecular weight excluding hydrogens is 579 g/mol. The van der Waals surface area contributed by atoms with Gasteiger partial charge < -0.3 is 10.5 Å². The van der Waals surface area contributed by atoms with E-state index in [1.807, 2.05) is 30.3 Å². The first-order valence-electron chi connectivity index (χ1n) is 9.12. The predicted octanol–water partition coefficient (Wildman–Crippen LogP) is 6.13. The lowest BCUT2D eigenvalue weighted by Crippen LogP contribution is -2.22. The SMILES string of the molecule is O/N=C1\CCCc2cc(Br)ccc21.O=C1NCCCc2cc(Br)ccc21.O=S(Cl)Cl. The molecule has 1 amide bonds. The maximum atomic E-state index is 11.5. The third-order valence-electron chi connectivity index (χ3n) is 4.58. The van der Waals surface area contributed by atoms with Gasteiger partial charge in [0, 0.05) is 48.0 Å². The van der Waals surface area contributed by atoms with Crippen LogP contribution in [0.2, 0.25) is 0 Å². The first-order valence-corrected chi connectivity index (χ1v) is 13.5. The Kier molecular flexibility index (Phi) is 10.8. The number of aryl methyl sites for hydroxylation is 2. The van der Waals surface area contributed by atoms with Crippen LogP contribution >= 0.6 is 53.2 Å². The number of oxime groups is 1. The Balaban J connectivity index is 0.000000182. The molecule has 0 aromatic heterocycles. The molecule has 2 N–H and O–H groups in total. The first kappa shape index (κ1) is 25.3. The van der Waals surface area contributed by atoms with Crippen molar-refractivity contribution >= 4 is 74.1 Å². The molecule has 1 aliphatic heterocycles. The largest absolute Gasteiger partial charge is 0.411 e. The number of benzene rings is 2. The summed E-state index contributed by atoms with van der Waals surface area (Å²) in [4.78, 5) is 11.5. The van der Waals surface area contributed by atoms with Gasteiger partial charge in [-0.1, -0.05) is 43.1 Å². The summed E-state index contributed by atoms with van der Waals surface area (Å²) in [6, 6.07) is 11.9. The summed E-state index contributed by atoms with van der Waals surface area (Å²) in [5, 5.41) is 15.0. The summed E-state index contributed by atoms with van der Waals surface area (Å²) in [7, 11) is 7.36. The van der Waals surface area contributed by atoms with Crippen molar-refractivity contribution in [2.24, 2.45) is 5.16 Å². The molecule has 0 atom stereocenters. The van der Waals surface area contributed by atoms with Gasteiger partial charge in [-0.25, -0.2) is 4.21 Å². The summed E-state index contributed by atoms with van der Waals surface area (Å²) in [6.07, 6.45) is 5.03. The van der Waals surface area contributed by atoms with Crippen LogP contribution in [0.4, 0.5) is 0 Å². The highest BCUT2D eigenvalue weighted by Gasteiger charge is 2.16. The zero-order valence-electron chi connectivity index (χ0n) is 15.8. The summed E-state index contributed by atoms with van der Waals surface area (Å²) in [5.74, 6) is 0.0556. The average molecular weight is 599 g/mol. The molecule has 0 unspecified atom stereocenters. The zero-order valence-corrected chi connectivity index (χ0v) is 21.3. The highest BCUT2D eigenvalue weighted by molar-refractivity contribution is 9.10. The third-order valence-corrected chi connectivity index (χ3v) is 5.57. The molecule has 0 spiro atoms. The van der Waals surface area contributed by atoms with Crippen molar-refractivity contribution in [3.63, 3.8) is 0 Å². The minimum absolute atomic E-state index is 0.0556. The molecule has 0 fully saturated rings. The number of fused-ring (bicyclic) bond motifs is 2. The average Bonchev–Trinajstić information content (AvgIpc) is 2.88. The van der Waals surface area contributed by atoms with E-state index in [9.17, 15) is 4.79 Å². The molecule has 0 saturated carbocycles.